The van der Waals surface area contributed by atoms with Crippen molar-refractivity contribution < 1.29 is 18.9 Å². The zero-order valence-corrected chi connectivity index (χ0v) is 13.5. The molecule has 0 saturated heterocycles. The van der Waals surface area contributed by atoms with Crippen molar-refractivity contribution in [1.82, 2.24) is 4.98 Å². The maximum atomic E-state index is 6.20. The summed E-state index contributed by atoms with van der Waals surface area (Å²) in [6.07, 6.45) is 0. The molecule has 2 aromatic carbocycles. The average molecular weight is 322 g/mol. The summed E-state index contributed by atoms with van der Waals surface area (Å²) >= 11 is 6.20. The lowest BCUT2D eigenvalue weighted by atomic mass is 10.1. The number of rotatable bonds is 4. The molecule has 0 fully saturated rings. The molecule has 0 bridgehead atoms. The highest BCUT2D eigenvalue weighted by atomic mass is 35.5. The van der Waals surface area contributed by atoms with Crippen molar-refractivity contribution in [3.05, 3.63) is 23.2 Å². The second-order valence-electron chi connectivity index (χ2n) is 4.72. The Morgan fingerprint density at radius 3 is 2.05 bits per heavy atom. The van der Waals surface area contributed by atoms with E-state index in [0.29, 0.717) is 28.0 Å². The van der Waals surface area contributed by atoms with E-state index >= 15 is 0 Å². The highest BCUT2D eigenvalue weighted by Crippen LogP contribution is 2.46. The molecule has 0 spiro atoms. The van der Waals surface area contributed by atoms with Gasteiger partial charge in [-0.15, -0.1) is 0 Å². The Morgan fingerprint density at radius 1 is 0.773 bits per heavy atom. The summed E-state index contributed by atoms with van der Waals surface area (Å²) in [6, 6.07) is 5.42. The van der Waals surface area contributed by atoms with Crippen LogP contribution in [-0.4, -0.2) is 33.4 Å². The lowest BCUT2D eigenvalue weighted by Crippen LogP contribution is -1.93. The van der Waals surface area contributed by atoms with E-state index in [2.05, 4.69) is 4.98 Å². The lowest BCUT2D eigenvalue weighted by molar-refractivity contribution is 0.353. The Morgan fingerprint density at radius 2 is 1.45 bits per heavy atom. The number of hydrogen-bond donors (Lipinski definition) is 1. The van der Waals surface area contributed by atoms with Gasteiger partial charge in [0.1, 0.15) is 11.5 Å². The molecule has 5 nitrogen and oxygen atoms in total. The minimum atomic E-state index is 0.585. The highest BCUT2D eigenvalue weighted by Gasteiger charge is 2.20. The number of ether oxygens (including phenoxy) is 4. The monoisotopic (exact) mass is 321 g/mol. The van der Waals surface area contributed by atoms with E-state index in [0.717, 1.165) is 21.8 Å². The molecular weight excluding hydrogens is 306 g/mol. The van der Waals surface area contributed by atoms with Gasteiger partial charge in [0.05, 0.1) is 44.9 Å². The van der Waals surface area contributed by atoms with Gasteiger partial charge in [-0.25, -0.2) is 0 Å². The Kier molecular flexibility index (Phi) is 3.66. The van der Waals surface area contributed by atoms with Crippen LogP contribution in [0.15, 0.2) is 18.2 Å². The fraction of sp³-hybridized carbons (Fsp3) is 0.250. The fourth-order valence-corrected chi connectivity index (χ4v) is 2.92. The minimum absolute atomic E-state index is 0.585. The molecule has 0 radical (unpaired) electrons. The van der Waals surface area contributed by atoms with Gasteiger partial charge in [0.25, 0.3) is 0 Å². The number of fused-ring (bicyclic) bond motifs is 3. The maximum absolute atomic E-state index is 6.20. The van der Waals surface area contributed by atoms with E-state index in [1.54, 1.807) is 40.6 Å². The summed E-state index contributed by atoms with van der Waals surface area (Å²) in [4.78, 5) is 3.33. The maximum Gasteiger partial charge on any atom is 0.185 e. The molecule has 6 heteroatoms. The van der Waals surface area contributed by atoms with Crippen LogP contribution in [0.1, 0.15) is 0 Å². The summed E-state index contributed by atoms with van der Waals surface area (Å²) in [6.45, 7) is 0. The van der Waals surface area contributed by atoms with Crippen LogP contribution in [-0.2, 0) is 0 Å². The predicted octanol–water partition coefficient (Wildman–Crippen LogP) is 4.01. The first kappa shape index (κ1) is 14.7. The van der Waals surface area contributed by atoms with Crippen molar-refractivity contribution in [3.63, 3.8) is 0 Å². The van der Waals surface area contributed by atoms with Crippen molar-refractivity contribution in [1.29, 1.82) is 0 Å². The predicted molar refractivity (Wildman–Crippen MR) is 87.0 cm³/mol. The number of methoxy groups -OCH3 is 4. The third kappa shape index (κ3) is 2.01. The van der Waals surface area contributed by atoms with Crippen molar-refractivity contribution >= 4 is 33.4 Å². The van der Waals surface area contributed by atoms with Crippen molar-refractivity contribution in [2.24, 2.45) is 0 Å². The zero-order chi connectivity index (χ0) is 15.9. The molecular formula is C16H16ClNO4. The first-order valence-electron chi connectivity index (χ1n) is 6.62. The molecule has 3 rings (SSSR count). The molecule has 0 aliphatic heterocycles. The van der Waals surface area contributed by atoms with Crippen LogP contribution in [0.2, 0.25) is 5.02 Å². The molecule has 0 aliphatic rings. The Hall–Kier alpha value is -2.27. The standard InChI is InChI=1S/C16H16ClNO4/c1-19-10-7-12(21-3)16(22-4)15-13(10)9-5-8(17)6-11(20-2)14(9)18-15/h5-7,18H,1-4H3. The third-order valence-electron chi connectivity index (χ3n) is 3.66. The van der Waals surface area contributed by atoms with Crippen molar-refractivity contribution in [3.8, 4) is 23.0 Å². The van der Waals surface area contributed by atoms with Crippen LogP contribution in [0, 0.1) is 0 Å². The van der Waals surface area contributed by atoms with Crippen LogP contribution in [0.3, 0.4) is 0 Å². The fourth-order valence-electron chi connectivity index (χ4n) is 2.71. The molecule has 1 aromatic heterocycles. The number of benzene rings is 2. The number of halogens is 1. The highest BCUT2D eigenvalue weighted by molar-refractivity contribution is 6.32. The van der Waals surface area contributed by atoms with E-state index < -0.39 is 0 Å². The molecule has 1 N–H and O–H groups in total. The van der Waals surface area contributed by atoms with Crippen molar-refractivity contribution in [2.75, 3.05) is 28.4 Å². The van der Waals surface area contributed by atoms with Gasteiger partial charge in [-0.1, -0.05) is 11.6 Å². The largest absolute Gasteiger partial charge is 0.496 e. The molecule has 0 saturated carbocycles. The van der Waals surface area contributed by atoms with E-state index in [-0.39, 0.29) is 0 Å². The Balaban J connectivity index is 2.55. The molecule has 1 heterocycles. The zero-order valence-electron chi connectivity index (χ0n) is 12.7. The van der Waals surface area contributed by atoms with E-state index in [1.165, 1.54) is 0 Å². The summed E-state index contributed by atoms with van der Waals surface area (Å²) in [5, 5.41) is 2.36. The van der Waals surface area contributed by atoms with Crippen LogP contribution in [0.4, 0.5) is 0 Å². The summed E-state index contributed by atoms with van der Waals surface area (Å²) in [7, 11) is 6.40. The first-order valence-corrected chi connectivity index (χ1v) is 7.00. The minimum Gasteiger partial charge on any atom is -0.496 e. The summed E-state index contributed by atoms with van der Waals surface area (Å²) in [5.74, 6) is 2.51. The molecule has 0 unspecified atom stereocenters. The average Bonchev–Trinajstić information content (AvgIpc) is 2.91. The number of nitrogens with one attached hydrogen (secondary N) is 1. The van der Waals surface area contributed by atoms with Gasteiger partial charge >= 0.3 is 0 Å². The van der Waals surface area contributed by atoms with Crippen LogP contribution in [0.25, 0.3) is 21.8 Å². The van der Waals surface area contributed by atoms with Crippen molar-refractivity contribution in [2.45, 2.75) is 0 Å². The molecule has 0 aliphatic carbocycles. The Labute approximate surface area is 132 Å². The van der Waals surface area contributed by atoms with E-state index in [4.69, 9.17) is 30.5 Å². The van der Waals surface area contributed by atoms with Gasteiger partial charge in [-0.05, 0) is 6.07 Å². The summed E-state index contributed by atoms with van der Waals surface area (Å²) in [5.41, 5.74) is 1.60. The van der Waals surface area contributed by atoms with Gasteiger partial charge in [0.2, 0.25) is 0 Å². The third-order valence-corrected chi connectivity index (χ3v) is 3.88. The van der Waals surface area contributed by atoms with Crippen LogP contribution in [0.5, 0.6) is 23.0 Å². The second-order valence-corrected chi connectivity index (χ2v) is 5.16. The molecule has 22 heavy (non-hydrogen) atoms. The molecule has 0 amide bonds. The Bertz CT molecular complexity index is 857. The normalized spacial score (nSPS) is 11.0. The topological polar surface area (TPSA) is 52.7 Å². The number of aromatic nitrogens is 1. The first-order chi connectivity index (χ1) is 10.6. The molecule has 116 valence electrons. The lowest BCUT2D eigenvalue weighted by Gasteiger charge is -2.11. The molecule has 3 aromatic rings. The van der Waals surface area contributed by atoms with Crippen LogP contribution < -0.4 is 18.9 Å². The van der Waals surface area contributed by atoms with E-state index in [9.17, 15) is 0 Å². The summed E-state index contributed by atoms with van der Waals surface area (Å²) < 4.78 is 21.8. The van der Waals surface area contributed by atoms with Gasteiger partial charge < -0.3 is 23.9 Å². The van der Waals surface area contributed by atoms with E-state index in [1.807, 2.05) is 6.07 Å². The second kappa shape index (κ2) is 5.50. The van der Waals surface area contributed by atoms with Gasteiger partial charge in [-0.2, -0.15) is 0 Å². The number of hydrogen-bond acceptors (Lipinski definition) is 4. The number of aromatic amines is 1. The van der Waals surface area contributed by atoms with Gasteiger partial charge in [-0.3, -0.25) is 0 Å². The van der Waals surface area contributed by atoms with Gasteiger partial charge in [0, 0.05) is 22.5 Å². The SMILES string of the molecule is COc1cc(OC)c2c([nH]c3c(OC)cc(Cl)cc32)c1OC. The number of H-pyrrole nitrogens is 1. The van der Waals surface area contributed by atoms with Crippen LogP contribution >= 0.6 is 11.6 Å². The van der Waals surface area contributed by atoms with Gasteiger partial charge in [0.15, 0.2) is 11.5 Å². The smallest absolute Gasteiger partial charge is 0.185 e. The molecule has 0 atom stereocenters. The quantitative estimate of drug-likeness (QED) is 0.789.